The molecule has 0 bridgehead atoms. The van der Waals surface area contributed by atoms with Gasteiger partial charge in [-0.1, -0.05) is 39.7 Å². The summed E-state index contributed by atoms with van der Waals surface area (Å²) in [6.45, 7) is 1.74. The average Bonchev–Trinajstić information content (AvgIpc) is 2.64. The van der Waals surface area contributed by atoms with E-state index in [1.54, 1.807) is 0 Å². The molecule has 0 unspecified atom stereocenters. The molecule has 0 aliphatic carbocycles. The number of sulfonamides is 1. The fourth-order valence-electron chi connectivity index (χ4n) is 3.24. The van der Waals surface area contributed by atoms with E-state index in [0.717, 1.165) is 10.0 Å². The van der Waals surface area contributed by atoms with Crippen molar-refractivity contribution in [3.8, 4) is 0 Å². The minimum Gasteiger partial charge on any atom is -0.385 e. The van der Waals surface area contributed by atoms with Crippen LogP contribution >= 0.6 is 27.5 Å². The lowest BCUT2D eigenvalue weighted by Crippen LogP contribution is -2.45. The van der Waals surface area contributed by atoms with Crippen molar-refractivity contribution in [3.05, 3.63) is 57.5 Å². The number of rotatable bonds is 4. The van der Waals surface area contributed by atoms with Crippen LogP contribution in [0.15, 0.2) is 51.8 Å². The molecule has 0 aromatic heterocycles. The zero-order valence-electron chi connectivity index (χ0n) is 15.2. The molecule has 6 nitrogen and oxygen atoms in total. The summed E-state index contributed by atoms with van der Waals surface area (Å²) in [5, 5.41) is 13.7. The van der Waals surface area contributed by atoms with Crippen molar-refractivity contribution in [2.75, 3.05) is 18.4 Å². The monoisotopic (exact) mass is 486 g/mol. The summed E-state index contributed by atoms with van der Waals surface area (Å²) >= 11 is 9.48. The van der Waals surface area contributed by atoms with E-state index in [1.165, 1.54) is 29.4 Å². The maximum Gasteiger partial charge on any atom is 0.243 e. The van der Waals surface area contributed by atoms with Crippen LogP contribution in [0.1, 0.15) is 25.3 Å². The van der Waals surface area contributed by atoms with Crippen molar-refractivity contribution in [3.63, 3.8) is 0 Å². The zero-order valence-corrected chi connectivity index (χ0v) is 18.3. The maximum absolute atomic E-state index is 13.0. The number of carbonyl (C=O) groups excluding carboxylic acids is 1. The largest absolute Gasteiger partial charge is 0.385 e. The van der Waals surface area contributed by atoms with Gasteiger partial charge in [0.15, 0.2) is 0 Å². The molecule has 0 atom stereocenters. The summed E-state index contributed by atoms with van der Waals surface area (Å²) in [4.78, 5) is 11.2. The lowest BCUT2D eigenvalue weighted by atomic mass is 9.85. The third kappa shape index (κ3) is 4.41. The van der Waals surface area contributed by atoms with Gasteiger partial charge in [0.25, 0.3) is 0 Å². The molecule has 0 saturated carbocycles. The van der Waals surface area contributed by atoms with Gasteiger partial charge in [-0.05, 0) is 48.7 Å². The number of hydrogen-bond donors (Lipinski definition) is 2. The minimum atomic E-state index is -3.75. The fourth-order valence-corrected chi connectivity index (χ4v) is 5.27. The number of benzene rings is 2. The SMILES string of the molecule is CC(=O)Nc1ccc(S(=O)(=O)N2CCC(O)(c3ccc(Br)cc3)CC2)cc1Cl. The Hall–Kier alpha value is -1.45. The van der Waals surface area contributed by atoms with Crippen molar-refractivity contribution in [1.82, 2.24) is 4.31 Å². The van der Waals surface area contributed by atoms with Gasteiger partial charge in [-0.25, -0.2) is 8.42 Å². The van der Waals surface area contributed by atoms with E-state index in [2.05, 4.69) is 21.2 Å². The number of nitrogens with zero attached hydrogens (tertiary/aromatic N) is 1. The molecule has 1 aliphatic heterocycles. The van der Waals surface area contributed by atoms with Crippen LogP contribution in [0.3, 0.4) is 0 Å². The van der Waals surface area contributed by atoms with Crippen LogP contribution in [0.4, 0.5) is 5.69 Å². The van der Waals surface area contributed by atoms with E-state index < -0.39 is 15.6 Å². The van der Waals surface area contributed by atoms with E-state index in [4.69, 9.17) is 11.6 Å². The Balaban J connectivity index is 1.77. The molecule has 2 aromatic carbocycles. The van der Waals surface area contributed by atoms with Crippen molar-refractivity contribution in [2.24, 2.45) is 0 Å². The van der Waals surface area contributed by atoms with E-state index >= 15 is 0 Å². The molecule has 9 heteroatoms. The molecule has 1 aliphatic rings. The second kappa shape index (κ2) is 8.12. The number of piperidine rings is 1. The number of carbonyl (C=O) groups is 1. The fraction of sp³-hybridized carbons (Fsp3) is 0.316. The van der Waals surface area contributed by atoms with Crippen LogP contribution in [-0.2, 0) is 20.4 Å². The molecule has 2 aromatic rings. The van der Waals surface area contributed by atoms with E-state index in [1.807, 2.05) is 24.3 Å². The molecule has 0 radical (unpaired) electrons. The summed E-state index contributed by atoms with van der Waals surface area (Å²) < 4.78 is 28.2. The number of halogens is 2. The number of amides is 1. The normalized spacial score (nSPS) is 17.3. The highest BCUT2D eigenvalue weighted by molar-refractivity contribution is 9.10. The second-order valence-corrected chi connectivity index (χ2v) is 10.0. The first kappa shape index (κ1) is 21.3. The number of nitrogens with one attached hydrogen (secondary N) is 1. The summed E-state index contributed by atoms with van der Waals surface area (Å²) in [5.74, 6) is -0.291. The first-order valence-corrected chi connectivity index (χ1v) is 11.3. The zero-order chi connectivity index (χ0) is 20.5. The van der Waals surface area contributed by atoms with Crippen LogP contribution in [0.25, 0.3) is 0 Å². The molecule has 1 fully saturated rings. The van der Waals surface area contributed by atoms with Gasteiger partial charge in [0.05, 0.1) is 21.2 Å². The van der Waals surface area contributed by atoms with Crippen LogP contribution in [-0.4, -0.2) is 36.8 Å². The van der Waals surface area contributed by atoms with Gasteiger partial charge in [0.1, 0.15) is 0 Å². The van der Waals surface area contributed by atoms with Crippen LogP contribution in [0.5, 0.6) is 0 Å². The number of aliphatic hydroxyl groups is 1. The quantitative estimate of drug-likeness (QED) is 0.688. The Kier molecular flexibility index (Phi) is 6.17. The van der Waals surface area contributed by atoms with Gasteiger partial charge in [-0.15, -0.1) is 0 Å². The van der Waals surface area contributed by atoms with Crippen molar-refractivity contribution in [1.29, 1.82) is 0 Å². The lowest BCUT2D eigenvalue weighted by molar-refractivity contribution is -0.114. The highest BCUT2D eigenvalue weighted by Gasteiger charge is 2.38. The second-order valence-electron chi connectivity index (χ2n) is 6.77. The molecule has 1 heterocycles. The average molecular weight is 488 g/mol. The lowest BCUT2D eigenvalue weighted by Gasteiger charge is -2.38. The molecule has 28 heavy (non-hydrogen) atoms. The Labute approximate surface area is 177 Å². The summed E-state index contributed by atoms with van der Waals surface area (Å²) in [6, 6.07) is 11.6. The third-order valence-corrected chi connectivity index (χ3v) is 7.56. The van der Waals surface area contributed by atoms with E-state index in [9.17, 15) is 18.3 Å². The minimum absolute atomic E-state index is 0.0562. The molecule has 150 valence electrons. The topological polar surface area (TPSA) is 86.7 Å². The third-order valence-electron chi connectivity index (χ3n) is 4.82. The van der Waals surface area contributed by atoms with Crippen molar-refractivity contribution >= 4 is 49.1 Å². The van der Waals surface area contributed by atoms with Crippen LogP contribution in [0, 0.1) is 0 Å². The highest BCUT2D eigenvalue weighted by atomic mass is 79.9. The van der Waals surface area contributed by atoms with Gasteiger partial charge in [0, 0.05) is 24.5 Å². The number of anilines is 1. The Morgan fingerprint density at radius 1 is 1.18 bits per heavy atom. The molecular weight excluding hydrogens is 468 g/mol. The maximum atomic E-state index is 13.0. The standard InChI is InChI=1S/C19H20BrClN2O4S/c1-13(24)22-18-7-6-16(12-17(18)21)28(26,27)23-10-8-19(25,9-11-23)14-2-4-15(20)5-3-14/h2-7,12,25H,8-11H2,1H3,(H,22,24). The molecule has 0 spiro atoms. The van der Waals surface area contributed by atoms with Crippen molar-refractivity contribution in [2.45, 2.75) is 30.3 Å². The Morgan fingerprint density at radius 2 is 1.79 bits per heavy atom. The predicted octanol–water partition coefficient (Wildman–Crippen LogP) is 3.73. The Morgan fingerprint density at radius 3 is 2.32 bits per heavy atom. The predicted molar refractivity (Wildman–Crippen MR) is 112 cm³/mol. The summed E-state index contributed by atoms with van der Waals surface area (Å²) in [7, 11) is -3.75. The molecule has 1 amide bonds. The molecule has 3 rings (SSSR count). The highest BCUT2D eigenvalue weighted by Crippen LogP contribution is 2.36. The van der Waals surface area contributed by atoms with Gasteiger partial charge in [-0.3, -0.25) is 4.79 Å². The first-order valence-electron chi connectivity index (χ1n) is 8.67. The molecular formula is C19H20BrClN2O4S. The molecule has 1 saturated heterocycles. The van der Waals surface area contributed by atoms with Gasteiger partial charge in [-0.2, -0.15) is 4.31 Å². The van der Waals surface area contributed by atoms with Crippen molar-refractivity contribution < 1.29 is 18.3 Å². The number of hydrogen-bond acceptors (Lipinski definition) is 4. The van der Waals surface area contributed by atoms with E-state index in [-0.39, 0.29) is 28.9 Å². The first-order chi connectivity index (χ1) is 13.1. The molecule has 2 N–H and O–H groups in total. The Bertz CT molecular complexity index is 987. The van der Waals surface area contributed by atoms with Gasteiger partial charge >= 0.3 is 0 Å². The van der Waals surface area contributed by atoms with Crippen LogP contribution < -0.4 is 5.32 Å². The summed E-state index contributed by atoms with van der Waals surface area (Å²) in [6.07, 6.45) is 0.594. The smallest absolute Gasteiger partial charge is 0.243 e. The van der Waals surface area contributed by atoms with Crippen LogP contribution in [0.2, 0.25) is 5.02 Å². The van der Waals surface area contributed by atoms with Gasteiger partial charge < -0.3 is 10.4 Å². The summed E-state index contributed by atoms with van der Waals surface area (Å²) in [5.41, 5.74) is 0.0754. The van der Waals surface area contributed by atoms with Gasteiger partial charge in [0.2, 0.25) is 15.9 Å². The van der Waals surface area contributed by atoms with E-state index in [0.29, 0.717) is 18.5 Å².